The molecule has 2 fully saturated rings. The molecule has 3 rings (SSSR count). The van der Waals surface area contributed by atoms with Crippen LogP contribution >= 0.6 is 11.8 Å². The molecule has 0 spiro atoms. The molecule has 0 saturated carbocycles. The third kappa shape index (κ3) is 3.31. The highest BCUT2D eigenvalue weighted by atomic mass is 32.2. The van der Waals surface area contributed by atoms with Crippen LogP contribution in [0, 0.1) is 12.8 Å². The summed E-state index contributed by atoms with van der Waals surface area (Å²) in [6, 6.07) is 6.11. The number of piperidine rings is 1. The molecule has 4 nitrogen and oxygen atoms in total. The van der Waals surface area contributed by atoms with Gasteiger partial charge in [-0.05, 0) is 43.7 Å². The lowest BCUT2D eigenvalue weighted by atomic mass is 9.96. The third-order valence-electron chi connectivity index (χ3n) is 4.45. The number of carbonyl (C=O) groups is 1. The number of hydrogen-bond donors (Lipinski definition) is 0. The minimum atomic E-state index is -0.130. The molecule has 1 unspecified atom stereocenters. The van der Waals surface area contributed by atoms with Crippen LogP contribution in [0.5, 0.6) is 0 Å². The van der Waals surface area contributed by atoms with E-state index in [0.29, 0.717) is 19.1 Å². The van der Waals surface area contributed by atoms with Crippen LogP contribution in [0.25, 0.3) is 0 Å². The van der Waals surface area contributed by atoms with E-state index in [4.69, 9.17) is 9.47 Å². The van der Waals surface area contributed by atoms with E-state index in [1.165, 1.54) is 0 Å². The minimum absolute atomic E-state index is 0.130. The number of carbonyl (C=O) groups excluding carboxylic acids is 1. The molecular formula is C17H23NO3S. The second-order valence-electron chi connectivity index (χ2n) is 5.94. The normalized spacial score (nSPS) is 23.0. The predicted molar refractivity (Wildman–Crippen MR) is 87.3 cm³/mol. The van der Waals surface area contributed by atoms with Crippen molar-refractivity contribution in [1.82, 2.24) is 4.90 Å². The first kappa shape index (κ1) is 15.8. The Labute approximate surface area is 136 Å². The standard InChI is InChI=1S/C17H23NO3S/c1-12-5-6-14(22-2)10-15(12)16(19)18-7-3-4-13(11-18)17-20-8-9-21-17/h5-6,10,13,17H,3-4,7-9,11H2,1-2H3. The summed E-state index contributed by atoms with van der Waals surface area (Å²) in [6.45, 7) is 4.90. The van der Waals surface area contributed by atoms with Gasteiger partial charge in [-0.15, -0.1) is 11.8 Å². The molecule has 22 heavy (non-hydrogen) atoms. The van der Waals surface area contributed by atoms with Gasteiger partial charge in [0, 0.05) is 29.5 Å². The highest BCUT2D eigenvalue weighted by Crippen LogP contribution is 2.27. The first-order valence-electron chi connectivity index (χ1n) is 7.86. The summed E-state index contributed by atoms with van der Waals surface area (Å²) in [5, 5.41) is 0. The molecule has 0 aliphatic carbocycles. The number of likely N-dealkylation sites (tertiary alicyclic amines) is 1. The molecule has 2 aliphatic heterocycles. The maximum absolute atomic E-state index is 12.9. The Morgan fingerprint density at radius 1 is 1.32 bits per heavy atom. The van der Waals surface area contributed by atoms with Crippen LogP contribution in [0.2, 0.25) is 0 Å². The Morgan fingerprint density at radius 2 is 2.09 bits per heavy atom. The number of amides is 1. The Hall–Kier alpha value is -1.04. The van der Waals surface area contributed by atoms with Crippen LogP contribution in [0.1, 0.15) is 28.8 Å². The van der Waals surface area contributed by atoms with Crippen molar-refractivity contribution in [2.75, 3.05) is 32.6 Å². The lowest BCUT2D eigenvalue weighted by molar-refractivity contribution is -0.0969. The van der Waals surface area contributed by atoms with Crippen LogP contribution in [-0.4, -0.2) is 49.7 Å². The fourth-order valence-corrected chi connectivity index (χ4v) is 3.63. The molecule has 0 N–H and O–H groups in total. The van der Waals surface area contributed by atoms with Crippen molar-refractivity contribution in [1.29, 1.82) is 0 Å². The Morgan fingerprint density at radius 3 is 2.82 bits per heavy atom. The lowest BCUT2D eigenvalue weighted by Gasteiger charge is -2.35. The van der Waals surface area contributed by atoms with Crippen LogP contribution in [0.4, 0.5) is 0 Å². The van der Waals surface area contributed by atoms with Gasteiger partial charge in [0.05, 0.1) is 13.2 Å². The number of thioether (sulfide) groups is 1. The van der Waals surface area contributed by atoms with Crippen molar-refractivity contribution in [2.24, 2.45) is 5.92 Å². The van der Waals surface area contributed by atoms with Gasteiger partial charge in [0.25, 0.3) is 5.91 Å². The smallest absolute Gasteiger partial charge is 0.254 e. The quantitative estimate of drug-likeness (QED) is 0.803. The van der Waals surface area contributed by atoms with Gasteiger partial charge in [-0.1, -0.05) is 6.07 Å². The van der Waals surface area contributed by atoms with Crippen molar-refractivity contribution < 1.29 is 14.3 Å². The average Bonchev–Trinajstić information content (AvgIpc) is 3.09. The molecule has 5 heteroatoms. The highest BCUT2D eigenvalue weighted by molar-refractivity contribution is 7.98. The maximum atomic E-state index is 12.9. The van der Waals surface area contributed by atoms with Gasteiger partial charge in [0.15, 0.2) is 6.29 Å². The fraction of sp³-hybridized carbons (Fsp3) is 0.588. The van der Waals surface area contributed by atoms with E-state index < -0.39 is 0 Å². The van der Waals surface area contributed by atoms with Gasteiger partial charge in [-0.25, -0.2) is 0 Å². The van der Waals surface area contributed by atoms with Crippen molar-refractivity contribution in [3.8, 4) is 0 Å². The van der Waals surface area contributed by atoms with E-state index in [-0.39, 0.29) is 12.2 Å². The molecule has 0 bridgehead atoms. The Balaban J connectivity index is 1.73. The van der Waals surface area contributed by atoms with Gasteiger partial charge in [0.2, 0.25) is 0 Å². The molecule has 1 amide bonds. The summed E-state index contributed by atoms with van der Waals surface area (Å²) < 4.78 is 11.2. The van der Waals surface area contributed by atoms with Crippen molar-refractivity contribution in [3.63, 3.8) is 0 Å². The number of nitrogens with zero attached hydrogens (tertiary/aromatic N) is 1. The van der Waals surface area contributed by atoms with E-state index in [1.54, 1.807) is 11.8 Å². The van der Waals surface area contributed by atoms with Gasteiger partial charge in [-0.3, -0.25) is 4.79 Å². The third-order valence-corrected chi connectivity index (χ3v) is 5.18. The summed E-state index contributed by atoms with van der Waals surface area (Å²) in [7, 11) is 0. The van der Waals surface area contributed by atoms with Crippen LogP contribution in [0.3, 0.4) is 0 Å². The molecular weight excluding hydrogens is 298 g/mol. The second-order valence-corrected chi connectivity index (χ2v) is 6.82. The number of aryl methyl sites for hydroxylation is 1. The summed E-state index contributed by atoms with van der Waals surface area (Å²) in [5.74, 6) is 0.431. The van der Waals surface area contributed by atoms with E-state index in [1.807, 2.05) is 30.2 Å². The first-order valence-corrected chi connectivity index (χ1v) is 9.08. The van der Waals surface area contributed by atoms with Crippen molar-refractivity contribution in [2.45, 2.75) is 31.0 Å². The van der Waals surface area contributed by atoms with E-state index in [0.717, 1.165) is 42.0 Å². The lowest BCUT2D eigenvalue weighted by Crippen LogP contribution is -2.44. The molecule has 1 aromatic rings. The summed E-state index contributed by atoms with van der Waals surface area (Å²) in [5.41, 5.74) is 1.86. The second kappa shape index (κ2) is 7.02. The first-order chi connectivity index (χ1) is 10.7. The molecule has 0 radical (unpaired) electrons. The monoisotopic (exact) mass is 321 g/mol. The Kier molecular flexibility index (Phi) is 5.06. The average molecular weight is 321 g/mol. The highest BCUT2D eigenvalue weighted by Gasteiger charge is 2.33. The number of ether oxygens (including phenoxy) is 2. The summed E-state index contributed by atoms with van der Waals surface area (Å²) in [6.07, 6.45) is 3.98. The molecule has 1 aromatic carbocycles. The van der Waals surface area contributed by atoms with Crippen LogP contribution in [0.15, 0.2) is 23.1 Å². The summed E-state index contributed by atoms with van der Waals surface area (Å²) in [4.78, 5) is 16.0. The largest absolute Gasteiger partial charge is 0.350 e. The van der Waals surface area contributed by atoms with Crippen LogP contribution in [-0.2, 0) is 9.47 Å². The van der Waals surface area contributed by atoms with Crippen LogP contribution < -0.4 is 0 Å². The van der Waals surface area contributed by atoms with Crippen molar-refractivity contribution in [3.05, 3.63) is 29.3 Å². The zero-order valence-electron chi connectivity index (χ0n) is 13.2. The fourth-order valence-electron chi connectivity index (χ4n) is 3.19. The zero-order chi connectivity index (χ0) is 15.5. The zero-order valence-corrected chi connectivity index (χ0v) is 14.0. The molecule has 0 aromatic heterocycles. The molecule has 120 valence electrons. The van der Waals surface area contributed by atoms with E-state index >= 15 is 0 Å². The number of benzene rings is 1. The van der Waals surface area contributed by atoms with Gasteiger partial charge >= 0.3 is 0 Å². The van der Waals surface area contributed by atoms with Gasteiger partial charge in [-0.2, -0.15) is 0 Å². The van der Waals surface area contributed by atoms with E-state index in [9.17, 15) is 4.79 Å². The van der Waals surface area contributed by atoms with Crippen molar-refractivity contribution >= 4 is 17.7 Å². The SMILES string of the molecule is CSc1ccc(C)c(C(=O)N2CCCC(C3OCCO3)C2)c1. The molecule has 2 heterocycles. The topological polar surface area (TPSA) is 38.8 Å². The minimum Gasteiger partial charge on any atom is -0.350 e. The van der Waals surface area contributed by atoms with E-state index in [2.05, 4.69) is 6.07 Å². The Bertz CT molecular complexity index is 543. The van der Waals surface area contributed by atoms with Gasteiger partial charge in [0.1, 0.15) is 0 Å². The summed E-state index contributed by atoms with van der Waals surface area (Å²) >= 11 is 1.67. The molecule has 1 atom stereocenters. The predicted octanol–water partition coefficient (Wildman–Crippen LogP) is 2.94. The van der Waals surface area contributed by atoms with Gasteiger partial charge < -0.3 is 14.4 Å². The molecule has 2 aliphatic rings. The number of hydrogen-bond acceptors (Lipinski definition) is 4. The number of rotatable bonds is 3. The molecule has 2 saturated heterocycles. The maximum Gasteiger partial charge on any atom is 0.254 e.